The summed E-state index contributed by atoms with van der Waals surface area (Å²) in [5.41, 5.74) is 1.41. The van der Waals surface area contributed by atoms with Gasteiger partial charge in [0.25, 0.3) is 0 Å². The summed E-state index contributed by atoms with van der Waals surface area (Å²) in [6, 6.07) is 10.5. The summed E-state index contributed by atoms with van der Waals surface area (Å²) in [6.07, 6.45) is 1.14. The van der Waals surface area contributed by atoms with E-state index in [1.165, 1.54) is 5.56 Å². The van der Waals surface area contributed by atoms with Crippen LogP contribution in [0.5, 0.6) is 0 Å². The van der Waals surface area contributed by atoms with E-state index in [0.717, 1.165) is 6.42 Å². The van der Waals surface area contributed by atoms with Crippen molar-refractivity contribution in [3.05, 3.63) is 35.9 Å². The summed E-state index contributed by atoms with van der Waals surface area (Å²) in [6.45, 7) is 2.16. The third-order valence-electron chi connectivity index (χ3n) is 1.25. The predicted molar refractivity (Wildman–Crippen MR) is 41.6 cm³/mol. The van der Waals surface area contributed by atoms with Gasteiger partial charge in [-0.2, -0.15) is 0 Å². The minimum Gasteiger partial charge on any atom is -0.0622 e. The van der Waals surface area contributed by atoms with Gasteiger partial charge in [-0.1, -0.05) is 37.3 Å². The molecule has 0 fully saturated rings. The number of hydrogen-bond donors (Lipinski definition) is 0. The maximum Gasteiger partial charge on any atom is 0 e. The van der Waals surface area contributed by atoms with Crippen molar-refractivity contribution in [3.63, 3.8) is 0 Å². The van der Waals surface area contributed by atoms with E-state index in [1.54, 1.807) is 0 Å². The summed E-state index contributed by atoms with van der Waals surface area (Å²) in [7, 11) is 0. The van der Waals surface area contributed by atoms with Crippen LogP contribution in [0.15, 0.2) is 30.3 Å². The molecule has 1 rings (SSSR count). The first-order valence-electron chi connectivity index (χ1n) is 2.97. The monoisotopic (exact) mass is 226 g/mol. The Morgan fingerprint density at radius 1 is 1.11 bits per heavy atom. The Bertz CT molecular complexity index is 146. The number of benzene rings is 1. The second-order valence-corrected chi connectivity index (χ2v) is 1.84. The van der Waals surface area contributed by atoms with Crippen molar-refractivity contribution in [2.75, 3.05) is 0 Å². The minimum atomic E-state index is 0. The van der Waals surface area contributed by atoms with Crippen molar-refractivity contribution in [2.45, 2.75) is 13.3 Å². The fourth-order valence-electron chi connectivity index (χ4n) is 0.714. The first kappa shape index (κ1) is 9.02. The molecule has 0 unspecified atom stereocenters. The molecule has 0 aliphatic rings. The molecule has 46 valence electrons. The average Bonchev–Trinajstić information content (AvgIpc) is 1.90. The van der Waals surface area contributed by atoms with Gasteiger partial charge in [-0.15, -0.1) is 0 Å². The Labute approximate surface area is 73.2 Å². The molecule has 4 radical (unpaired) electrons. The largest absolute Gasteiger partial charge is 0.0622 e. The van der Waals surface area contributed by atoms with E-state index in [4.69, 9.17) is 0 Å². The molecule has 1 aromatic rings. The standard InChI is InChI=1S/C8H10.Sn/c1-2-8-6-4-3-5-7-8;/h3-7H,2H2,1H3;. The molecule has 0 saturated carbocycles. The second-order valence-electron chi connectivity index (χ2n) is 1.84. The van der Waals surface area contributed by atoms with Gasteiger partial charge in [0.2, 0.25) is 0 Å². The fourth-order valence-corrected chi connectivity index (χ4v) is 0.714. The molecule has 0 saturated heterocycles. The van der Waals surface area contributed by atoms with Crippen molar-refractivity contribution in [1.82, 2.24) is 0 Å². The zero-order chi connectivity index (χ0) is 5.82. The van der Waals surface area contributed by atoms with E-state index in [0.29, 0.717) is 0 Å². The topological polar surface area (TPSA) is 0 Å². The molecule has 0 bridgehead atoms. The van der Waals surface area contributed by atoms with Crippen molar-refractivity contribution < 1.29 is 0 Å². The molecule has 9 heavy (non-hydrogen) atoms. The number of aryl methyl sites for hydroxylation is 1. The molecule has 0 amide bonds. The summed E-state index contributed by atoms with van der Waals surface area (Å²) >= 11 is 0. The molecular formula is C8H10Sn. The Kier molecular flexibility index (Phi) is 4.87. The third-order valence-corrected chi connectivity index (χ3v) is 1.25. The first-order chi connectivity index (χ1) is 3.93. The van der Waals surface area contributed by atoms with Gasteiger partial charge < -0.3 is 0 Å². The van der Waals surface area contributed by atoms with E-state index >= 15 is 0 Å². The van der Waals surface area contributed by atoms with Crippen LogP contribution in [0.4, 0.5) is 0 Å². The molecule has 0 aliphatic heterocycles. The van der Waals surface area contributed by atoms with Crippen LogP contribution in [0.25, 0.3) is 0 Å². The van der Waals surface area contributed by atoms with Crippen LogP contribution in [0.1, 0.15) is 12.5 Å². The zero-order valence-corrected chi connectivity index (χ0v) is 8.45. The number of rotatable bonds is 1. The molecule has 0 heterocycles. The SMILES string of the molecule is CCc1ccccc1.[Sn]. The van der Waals surface area contributed by atoms with Gasteiger partial charge in [0.1, 0.15) is 0 Å². The van der Waals surface area contributed by atoms with Gasteiger partial charge in [-0.25, -0.2) is 0 Å². The van der Waals surface area contributed by atoms with Crippen LogP contribution in [-0.4, -0.2) is 23.9 Å². The Hall–Kier alpha value is 0.0187. The van der Waals surface area contributed by atoms with Crippen molar-refractivity contribution in [2.24, 2.45) is 0 Å². The molecule has 1 aromatic carbocycles. The third kappa shape index (κ3) is 2.89. The van der Waals surface area contributed by atoms with Gasteiger partial charge >= 0.3 is 0 Å². The second kappa shape index (κ2) is 4.86. The van der Waals surface area contributed by atoms with E-state index in [1.807, 2.05) is 6.07 Å². The number of hydrogen-bond acceptors (Lipinski definition) is 0. The predicted octanol–water partition coefficient (Wildman–Crippen LogP) is 1.87. The quantitative estimate of drug-likeness (QED) is 0.640. The van der Waals surface area contributed by atoms with Crippen molar-refractivity contribution in [1.29, 1.82) is 0 Å². The molecular weight excluding hydrogens is 215 g/mol. The van der Waals surface area contributed by atoms with Gasteiger partial charge in [0, 0.05) is 23.9 Å². The van der Waals surface area contributed by atoms with Gasteiger partial charge in [0.15, 0.2) is 0 Å². The van der Waals surface area contributed by atoms with Crippen LogP contribution in [0.3, 0.4) is 0 Å². The Morgan fingerprint density at radius 3 is 2.00 bits per heavy atom. The fraction of sp³-hybridized carbons (Fsp3) is 0.250. The van der Waals surface area contributed by atoms with Gasteiger partial charge in [-0.05, 0) is 12.0 Å². The molecule has 0 nitrogen and oxygen atoms in total. The zero-order valence-electron chi connectivity index (χ0n) is 5.59. The van der Waals surface area contributed by atoms with Gasteiger partial charge in [-0.3, -0.25) is 0 Å². The Morgan fingerprint density at radius 2 is 1.67 bits per heavy atom. The summed E-state index contributed by atoms with van der Waals surface area (Å²) in [4.78, 5) is 0. The smallest absolute Gasteiger partial charge is 0 e. The molecule has 0 atom stereocenters. The van der Waals surface area contributed by atoms with Gasteiger partial charge in [0.05, 0.1) is 0 Å². The molecule has 0 aliphatic carbocycles. The normalized spacial score (nSPS) is 8.11. The van der Waals surface area contributed by atoms with E-state index in [2.05, 4.69) is 31.2 Å². The van der Waals surface area contributed by atoms with Crippen LogP contribution in [0.2, 0.25) is 0 Å². The molecule has 1 heteroatoms. The average molecular weight is 225 g/mol. The van der Waals surface area contributed by atoms with Crippen molar-refractivity contribution >= 4 is 23.9 Å². The maximum absolute atomic E-state index is 2.16. The summed E-state index contributed by atoms with van der Waals surface area (Å²) in [5.74, 6) is 0. The maximum atomic E-state index is 2.16. The van der Waals surface area contributed by atoms with E-state index in [9.17, 15) is 0 Å². The Balaban J connectivity index is 0.000000640. The molecule has 0 spiro atoms. The van der Waals surface area contributed by atoms with E-state index < -0.39 is 0 Å². The van der Waals surface area contributed by atoms with Crippen LogP contribution in [0, 0.1) is 0 Å². The molecule has 0 aromatic heterocycles. The minimum absolute atomic E-state index is 0. The van der Waals surface area contributed by atoms with Crippen LogP contribution in [-0.2, 0) is 6.42 Å². The van der Waals surface area contributed by atoms with Crippen molar-refractivity contribution in [3.8, 4) is 0 Å². The summed E-state index contributed by atoms with van der Waals surface area (Å²) < 4.78 is 0. The van der Waals surface area contributed by atoms with Crippen LogP contribution >= 0.6 is 0 Å². The summed E-state index contributed by atoms with van der Waals surface area (Å²) in [5, 5.41) is 0. The first-order valence-corrected chi connectivity index (χ1v) is 2.97. The molecule has 0 N–H and O–H groups in total. The van der Waals surface area contributed by atoms with E-state index in [-0.39, 0.29) is 23.9 Å². The van der Waals surface area contributed by atoms with Crippen LogP contribution < -0.4 is 0 Å².